The number of hydroxylamine groups is 3. The summed E-state index contributed by atoms with van der Waals surface area (Å²) >= 11 is 1.36. The summed E-state index contributed by atoms with van der Waals surface area (Å²) in [5, 5.41) is 10.7. The number of nitrogens with zero attached hydrogens (tertiary/aromatic N) is 1. The first-order valence-corrected chi connectivity index (χ1v) is 10.4. The summed E-state index contributed by atoms with van der Waals surface area (Å²) in [5.74, 6) is 5.79. The van der Waals surface area contributed by atoms with Crippen molar-refractivity contribution in [1.29, 1.82) is 0 Å². The predicted octanol–water partition coefficient (Wildman–Crippen LogP) is 3.39. The number of hydrogen-bond acceptors (Lipinski definition) is 8. The number of ether oxygens (including phenoxy) is 2. The largest absolute Gasteiger partial charge is 0.528 e. The first kappa shape index (κ1) is 23.9. The van der Waals surface area contributed by atoms with Gasteiger partial charge in [-0.05, 0) is 64.8 Å². The second-order valence-corrected chi connectivity index (χ2v) is 9.17. The van der Waals surface area contributed by atoms with E-state index < -0.39 is 22.4 Å². The fraction of sp³-hybridized carbons (Fsp3) is 0.524. The summed E-state index contributed by atoms with van der Waals surface area (Å²) in [6.07, 6.45) is -0.0355. The zero-order valence-corrected chi connectivity index (χ0v) is 18.5. The average Bonchev–Trinajstić information content (AvgIpc) is 2.69. The third kappa shape index (κ3) is 7.13. The van der Waals surface area contributed by atoms with Gasteiger partial charge < -0.3 is 14.3 Å². The van der Waals surface area contributed by atoms with Gasteiger partial charge in [-0.1, -0.05) is 5.92 Å². The van der Waals surface area contributed by atoms with Crippen LogP contribution in [0.3, 0.4) is 0 Å². The van der Waals surface area contributed by atoms with Gasteiger partial charge in [-0.25, -0.2) is 10.3 Å². The molecule has 1 saturated heterocycles. The van der Waals surface area contributed by atoms with Crippen molar-refractivity contribution < 1.29 is 29.1 Å². The van der Waals surface area contributed by atoms with Gasteiger partial charge in [0.1, 0.15) is 22.7 Å². The molecule has 1 aromatic rings. The molecule has 8 nitrogen and oxygen atoms in total. The maximum Gasteiger partial charge on any atom is 0.528 e. The molecule has 164 valence electrons. The molecule has 0 aliphatic carbocycles. The Hall–Kier alpha value is -2.41. The molecule has 0 spiro atoms. The van der Waals surface area contributed by atoms with E-state index in [-0.39, 0.29) is 0 Å². The molecule has 0 unspecified atom stereocenters. The molecule has 0 saturated carbocycles. The Morgan fingerprint density at radius 1 is 1.23 bits per heavy atom. The van der Waals surface area contributed by atoms with Crippen LogP contribution in [-0.2, 0) is 14.4 Å². The SMILES string of the molecule is CC#CCOc1ccc(SC2(C(=O)NO)CCN(OC(=O)OC(C)(C)C)CC2)cc1. The van der Waals surface area contributed by atoms with Crippen LogP contribution < -0.4 is 10.2 Å². The smallest absolute Gasteiger partial charge is 0.481 e. The lowest BCUT2D eigenvalue weighted by molar-refractivity contribution is -0.158. The maximum absolute atomic E-state index is 12.5. The monoisotopic (exact) mass is 436 g/mol. The summed E-state index contributed by atoms with van der Waals surface area (Å²) in [6.45, 7) is 7.99. The molecular weight excluding hydrogens is 408 g/mol. The van der Waals surface area contributed by atoms with Gasteiger partial charge in [0, 0.05) is 18.0 Å². The van der Waals surface area contributed by atoms with E-state index in [0.29, 0.717) is 38.3 Å². The Bertz CT molecular complexity index is 786. The van der Waals surface area contributed by atoms with Crippen molar-refractivity contribution in [1.82, 2.24) is 10.5 Å². The van der Waals surface area contributed by atoms with E-state index >= 15 is 0 Å². The molecular formula is C21H28N2O6S. The Morgan fingerprint density at radius 2 is 1.87 bits per heavy atom. The summed E-state index contributed by atoms with van der Waals surface area (Å²) in [5.41, 5.74) is 1.13. The van der Waals surface area contributed by atoms with Gasteiger partial charge in [0.2, 0.25) is 0 Å². The van der Waals surface area contributed by atoms with Crippen LogP contribution >= 0.6 is 11.8 Å². The van der Waals surface area contributed by atoms with Crippen molar-refractivity contribution in [3.8, 4) is 17.6 Å². The molecule has 30 heavy (non-hydrogen) atoms. The van der Waals surface area contributed by atoms with Crippen LogP contribution in [0.4, 0.5) is 4.79 Å². The van der Waals surface area contributed by atoms with Crippen LogP contribution in [-0.4, -0.2) is 52.4 Å². The number of carbonyl (C=O) groups excluding carboxylic acids is 2. The molecule has 1 heterocycles. The molecule has 2 rings (SSSR count). The standard InChI is InChI=1S/C21H28N2O6S/c1-5-6-15-27-16-7-9-17(10-8-16)30-21(18(24)22-26)11-13-23(14-12-21)29-19(25)28-20(2,3)4/h7-10,26H,11-15H2,1-4H3,(H,22,24). The van der Waals surface area contributed by atoms with Crippen molar-refractivity contribution in [3.05, 3.63) is 24.3 Å². The predicted molar refractivity (Wildman–Crippen MR) is 112 cm³/mol. The van der Waals surface area contributed by atoms with Gasteiger partial charge in [-0.3, -0.25) is 10.0 Å². The molecule has 1 aliphatic rings. The van der Waals surface area contributed by atoms with E-state index in [1.807, 2.05) is 24.3 Å². The molecule has 0 aromatic heterocycles. The number of nitrogens with one attached hydrogen (secondary N) is 1. The lowest BCUT2D eigenvalue weighted by Gasteiger charge is -2.38. The Labute approximate surface area is 181 Å². The van der Waals surface area contributed by atoms with Gasteiger partial charge >= 0.3 is 6.16 Å². The van der Waals surface area contributed by atoms with E-state index in [1.165, 1.54) is 16.8 Å². The summed E-state index contributed by atoms with van der Waals surface area (Å²) in [7, 11) is 0. The number of carbonyl (C=O) groups is 2. The highest BCUT2D eigenvalue weighted by molar-refractivity contribution is 8.01. The Morgan fingerprint density at radius 3 is 2.40 bits per heavy atom. The normalized spacial score (nSPS) is 16.0. The molecule has 2 N–H and O–H groups in total. The molecule has 0 atom stereocenters. The molecule has 1 amide bonds. The third-order valence-electron chi connectivity index (χ3n) is 4.26. The van der Waals surface area contributed by atoms with Crippen molar-refractivity contribution in [2.24, 2.45) is 0 Å². The topological polar surface area (TPSA) is 97.3 Å². The molecule has 1 aromatic carbocycles. The summed E-state index contributed by atoms with van der Waals surface area (Å²) in [4.78, 5) is 30.4. The average molecular weight is 437 g/mol. The lowest BCUT2D eigenvalue weighted by Crippen LogP contribution is -2.51. The van der Waals surface area contributed by atoms with Gasteiger partial charge in [0.05, 0.1) is 0 Å². The van der Waals surface area contributed by atoms with Crippen LogP contribution in [0.15, 0.2) is 29.2 Å². The zero-order chi connectivity index (χ0) is 22.2. The number of piperidine rings is 1. The van der Waals surface area contributed by atoms with Gasteiger partial charge in [-0.15, -0.1) is 22.7 Å². The molecule has 0 radical (unpaired) electrons. The number of amides is 1. The first-order valence-electron chi connectivity index (χ1n) is 9.59. The van der Waals surface area contributed by atoms with Crippen LogP contribution in [0.2, 0.25) is 0 Å². The van der Waals surface area contributed by atoms with Crippen LogP contribution in [0, 0.1) is 11.8 Å². The minimum atomic E-state index is -0.890. The second-order valence-electron chi connectivity index (χ2n) is 7.71. The number of benzene rings is 1. The highest BCUT2D eigenvalue weighted by Crippen LogP contribution is 2.41. The van der Waals surface area contributed by atoms with Crippen LogP contribution in [0.25, 0.3) is 0 Å². The zero-order valence-electron chi connectivity index (χ0n) is 17.7. The second kappa shape index (κ2) is 10.6. The number of hydrogen-bond donors (Lipinski definition) is 2. The minimum absolute atomic E-state index is 0.313. The quantitative estimate of drug-likeness (QED) is 0.303. The van der Waals surface area contributed by atoms with Gasteiger partial charge in [0.25, 0.3) is 5.91 Å². The highest BCUT2D eigenvalue weighted by Gasteiger charge is 2.43. The Kier molecular flexibility index (Phi) is 8.41. The van der Waals surface area contributed by atoms with E-state index in [0.717, 1.165) is 4.90 Å². The highest BCUT2D eigenvalue weighted by atomic mass is 32.2. The molecule has 1 fully saturated rings. The van der Waals surface area contributed by atoms with E-state index in [1.54, 1.807) is 33.2 Å². The van der Waals surface area contributed by atoms with E-state index in [4.69, 9.17) is 14.3 Å². The molecule has 1 aliphatic heterocycles. The maximum atomic E-state index is 12.5. The first-order chi connectivity index (χ1) is 14.2. The molecule has 0 bridgehead atoms. The van der Waals surface area contributed by atoms with Crippen LogP contribution in [0.1, 0.15) is 40.5 Å². The summed E-state index contributed by atoms with van der Waals surface area (Å²) in [6, 6.07) is 7.33. The fourth-order valence-corrected chi connectivity index (χ4v) is 4.06. The Balaban J connectivity index is 2.00. The van der Waals surface area contributed by atoms with Crippen molar-refractivity contribution in [3.63, 3.8) is 0 Å². The van der Waals surface area contributed by atoms with E-state index in [9.17, 15) is 14.8 Å². The van der Waals surface area contributed by atoms with Crippen LogP contribution in [0.5, 0.6) is 5.75 Å². The van der Waals surface area contributed by atoms with E-state index in [2.05, 4.69) is 11.8 Å². The van der Waals surface area contributed by atoms with Crippen molar-refractivity contribution in [2.75, 3.05) is 19.7 Å². The summed E-state index contributed by atoms with van der Waals surface area (Å²) < 4.78 is 9.77. The molecule has 9 heteroatoms. The van der Waals surface area contributed by atoms with Gasteiger partial charge in [-0.2, -0.15) is 0 Å². The fourth-order valence-electron chi connectivity index (χ4n) is 2.81. The van der Waals surface area contributed by atoms with Crippen molar-refractivity contribution in [2.45, 2.75) is 55.8 Å². The van der Waals surface area contributed by atoms with Crippen molar-refractivity contribution >= 4 is 23.8 Å². The van der Waals surface area contributed by atoms with Gasteiger partial charge in [0.15, 0.2) is 0 Å². The minimum Gasteiger partial charge on any atom is -0.481 e. The number of rotatable bonds is 6. The number of thioether (sulfide) groups is 1. The lowest BCUT2D eigenvalue weighted by atomic mass is 9.96. The third-order valence-corrected chi connectivity index (χ3v) is 5.76.